The lowest BCUT2D eigenvalue weighted by Crippen LogP contribution is -2.39. The molecule has 1 N–H and O–H groups in total. The fourth-order valence-corrected chi connectivity index (χ4v) is 3.59. The zero-order valence-corrected chi connectivity index (χ0v) is 14.4. The number of fused-ring (bicyclic) bond motifs is 1. The first-order valence-electron chi connectivity index (χ1n) is 8.75. The van der Waals surface area contributed by atoms with E-state index in [2.05, 4.69) is 40.3 Å². The molecule has 1 fully saturated rings. The highest BCUT2D eigenvalue weighted by atomic mass is 16.5. The van der Waals surface area contributed by atoms with Gasteiger partial charge in [0.25, 0.3) is 0 Å². The van der Waals surface area contributed by atoms with Crippen LogP contribution in [0.5, 0.6) is 5.75 Å². The zero-order chi connectivity index (χ0) is 16.5. The Kier molecular flexibility index (Phi) is 4.10. The van der Waals surface area contributed by atoms with Crippen LogP contribution in [0.25, 0.3) is 0 Å². The second-order valence-corrected chi connectivity index (χ2v) is 6.69. The highest BCUT2D eigenvalue weighted by molar-refractivity contribution is 5.51. The van der Waals surface area contributed by atoms with Gasteiger partial charge in [-0.05, 0) is 25.5 Å². The number of piperidine rings is 1. The molecular formula is C19H24N4O. The van der Waals surface area contributed by atoms with Gasteiger partial charge in [-0.15, -0.1) is 0 Å². The molecule has 0 spiro atoms. The maximum Gasteiger partial charge on any atom is 0.137 e. The molecule has 1 aromatic heterocycles. The lowest BCUT2D eigenvalue weighted by molar-refractivity contribution is 0.169. The highest BCUT2D eigenvalue weighted by Crippen LogP contribution is 2.28. The maximum atomic E-state index is 6.21. The van der Waals surface area contributed by atoms with Crippen LogP contribution in [0.2, 0.25) is 0 Å². The van der Waals surface area contributed by atoms with Gasteiger partial charge in [-0.25, -0.2) is 9.97 Å². The molecule has 0 bridgehead atoms. The van der Waals surface area contributed by atoms with Gasteiger partial charge in [0.05, 0.1) is 5.69 Å². The van der Waals surface area contributed by atoms with Crippen molar-refractivity contribution in [3.8, 4) is 5.75 Å². The number of nitrogens with zero attached hydrogens (tertiary/aromatic N) is 3. The summed E-state index contributed by atoms with van der Waals surface area (Å²) in [7, 11) is 0. The lowest BCUT2D eigenvalue weighted by atomic mass is 10.1. The average molecular weight is 324 g/mol. The van der Waals surface area contributed by atoms with Crippen LogP contribution < -0.4 is 15.0 Å². The molecule has 0 amide bonds. The first-order chi connectivity index (χ1) is 11.7. The van der Waals surface area contributed by atoms with Crippen LogP contribution in [0.4, 0.5) is 5.82 Å². The minimum absolute atomic E-state index is 0.288. The monoisotopic (exact) mass is 324 g/mol. The minimum Gasteiger partial charge on any atom is -0.490 e. The van der Waals surface area contributed by atoms with Crippen molar-refractivity contribution >= 4 is 5.82 Å². The van der Waals surface area contributed by atoms with Crippen LogP contribution in [-0.4, -0.2) is 29.2 Å². The third-order valence-corrected chi connectivity index (χ3v) is 4.91. The van der Waals surface area contributed by atoms with Crippen molar-refractivity contribution in [2.24, 2.45) is 0 Å². The standard InChI is InChI=1S/C19H24N4O/c1-13-5-3-4-6-18(13)24-15-7-9-23(10-8-15)19-16-11-20-12-17(16)21-14(2)22-19/h3-6,15,20H,7-12H2,1-2H3. The Balaban J connectivity index is 1.45. The van der Waals surface area contributed by atoms with Crippen molar-refractivity contribution in [3.05, 3.63) is 46.9 Å². The second-order valence-electron chi connectivity index (χ2n) is 6.69. The Morgan fingerprint density at radius 3 is 2.67 bits per heavy atom. The predicted molar refractivity (Wildman–Crippen MR) is 94.4 cm³/mol. The molecule has 126 valence electrons. The Hall–Kier alpha value is -2.14. The van der Waals surface area contributed by atoms with Crippen molar-refractivity contribution in [1.82, 2.24) is 15.3 Å². The van der Waals surface area contributed by atoms with E-state index in [1.165, 1.54) is 11.1 Å². The van der Waals surface area contributed by atoms with E-state index in [-0.39, 0.29) is 6.10 Å². The van der Waals surface area contributed by atoms with E-state index in [0.717, 1.165) is 62.1 Å². The first-order valence-corrected chi connectivity index (χ1v) is 8.75. The molecule has 3 heterocycles. The van der Waals surface area contributed by atoms with Crippen LogP contribution in [-0.2, 0) is 13.1 Å². The van der Waals surface area contributed by atoms with Crippen molar-refractivity contribution < 1.29 is 4.74 Å². The SMILES string of the molecule is Cc1nc2c(c(N3CCC(Oc4ccccc4C)CC3)n1)CNC2. The average Bonchev–Trinajstić information content (AvgIpc) is 3.05. The van der Waals surface area contributed by atoms with Gasteiger partial charge in [0, 0.05) is 44.6 Å². The number of aromatic nitrogens is 2. The topological polar surface area (TPSA) is 50.3 Å². The van der Waals surface area contributed by atoms with Gasteiger partial charge in [-0.2, -0.15) is 0 Å². The third-order valence-electron chi connectivity index (χ3n) is 4.91. The zero-order valence-electron chi connectivity index (χ0n) is 14.4. The lowest BCUT2D eigenvalue weighted by Gasteiger charge is -2.34. The van der Waals surface area contributed by atoms with Crippen molar-refractivity contribution in [2.45, 2.75) is 45.9 Å². The quantitative estimate of drug-likeness (QED) is 0.941. The van der Waals surface area contributed by atoms with Crippen molar-refractivity contribution in [2.75, 3.05) is 18.0 Å². The Labute approximate surface area is 143 Å². The molecule has 0 aliphatic carbocycles. The number of nitrogens with one attached hydrogen (secondary N) is 1. The number of ether oxygens (including phenoxy) is 1. The molecule has 5 nitrogen and oxygen atoms in total. The molecule has 1 saturated heterocycles. The van der Waals surface area contributed by atoms with Crippen molar-refractivity contribution in [3.63, 3.8) is 0 Å². The van der Waals surface area contributed by atoms with Gasteiger partial charge < -0.3 is 15.0 Å². The number of aryl methyl sites for hydroxylation is 2. The summed E-state index contributed by atoms with van der Waals surface area (Å²) in [4.78, 5) is 11.7. The summed E-state index contributed by atoms with van der Waals surface area (Å²) in [5, 5.41) is 3.39. The van der Waals surface area contributed by atoms with E-state index in [4.69, 9.17) is 9.72 Å². The summed E-state index contributed by atoms with van der Waals surface area (Å²) in [6.07, 6.45) is 2.34. The fourth-order valence-electron chi connectivity index (χ4n) is 3.59. The van der Waals surface area contributed by atoms with E-state index in [1.54, 1.807) is 0 Å². The largest absolute Gasteiger partial charge is 0.490 e. The third kappa shape index (κ3) is 2.96. The van der Waals surface area contributed by atoms with Crippen LogP contribution in [0, 0.1) is 13.8 Å². The summed E-state index contributed by atoms with van der Waals surface area (Å²) < 4.78 is 6.21. The van der Waals surface area contributed by atoms with Gasteiger partial charge >= 0.3 is 0 Å². The molecule has 0 atom stereocenters. The van der Waals surface area contributed by atoms with Gasteiger partial charge in [0.1, 0.15) is 23.5 Å². The summed E-state index contributed by atoms with van der Waals surface area (Å²) in [5.41, 5.74) is 3.64. The fraction of sp³-hybridized carbons (Fsp3) is 0.474. The van der Waals surface area contributed by atoms with Gasteiger partial charge in [0.15, 0.2) is 0 Å². The van der Waals surface area contributed by atoms with E-state index in [9.17, 15) is 0 Å². The van der Waals surface area contributed by atoms with Crippen LogP contribution in [0.3, 0.4) is 0 Å². The van der Waals surface area contributed by atoms with Gasteiger partial charge in [-0.1, -0.05) is 18.2 Å². The normalized spacial score (nSPS) is 17.8. The number of para-hydroxylation sites is 1. The van der Waals surface area contributed by atoms with Crippen LogP contribution in [0.1, 0.15) is 35.5 Å². The molecule has 2 aromatic rings. The molecule has 0 radical (unpaired) electrons. The Morgan fingerprint density at radius 1 is 1.08 bits per heavy atom. The van der Waals surface area contributed by atoms with Crippen LogP contribution >= 0.6 is 0 Å². The molecule has 4 rings (SSSR count). The van der Waals surface area contributed by atoms with E-state index < -0.39 is 0 Å². The molecule has 2 aliphatic rings. The molecule has 24 heavy (non-hydrogen) atoms. The smallest absolute Gasteiger partial charge is 0.137 e. The highest BCUT2D eigenvalue weighted by Gasteiger charge is 2.26. The molecule has 5 heteroatoms. The molecule has 0 unspecified atom stereocenters. The summed E-state index contributed by atoms with van der Waals surface area (Å²) in [5.74, 6) is 3.00. The van der Waals surface area contributed by atoms with Crippen molar-refractivity contribution in [1.29, 1.82) is 0 Å². The van der Waals surface area contributed by atoms with Gasteiger partial charge in [-0.3, -0.25) is 0 Å². The molecule has 2 aliphatic heterocycles. The molecular weight excluding hydrogens is 300 g/mol. The van der Waals surface area contributed by atoms with Gasteiger partial charge in [0.2, 0.25) is 0 Å². The predicted octanol–water partition coefficient (Wildman–Crippen LogP) is 2.74. The molecule has 0 saturated carbocycles. The summed E-state index contributed by atoms with van der Waals surface area (Å²) in [6, 6.07) is 8.26. The van der Waals surface area contributed by atoms with E-state index in [0.29, 0.717) is 0 Å². The molecule has 1 aromatic carbocycles. The number of hydrogen-bond acceptors (Lipinski definition) is 5. The number of hydrogen-bond donors (Lipinski definition) is 1. The Bertz CT molecular complexity index is 738. The second kappa shape index (κ2) is 6.40. The summed E-state index contributed by atoms with van der Waals surface area (Å²) >= 11 is 0. The number of benzene rings is 1. The Morgan fingerprint density at radius 2 is 1.88 bits per heavy atom. The minimum atomic E-state index is 0.288. The van der Waals surface area contributed by atoms with Crippen LogP contribution in [0.15, 0.2) is 24.3 Å². The summed E-state index contributed by atoms with van der Waals surface area (Å²) in [6.45, 7) is 7.79. The first kappa shape index (κ1) is 15.4. The maximum absolute atomic E-state index is 6.21. The number of anilines is 1. The van der Waals surface area contributed by atoms with E-state index in [1.807, 2.05) is 13.0 Å². The number of rotatable bonds is 3. The van der Waals surface area contributed by atoms with E-state index >= 15 is 0 Å².